The molecule has 2 heterocycles. The van der Waals surface area contributed by atoms with Gasteiger partial charge in [0.25, 0.3) is 5.91 Å². The number of imide groups is 1. The van der Waals surface area contributed by atoms with E-state index in [1.807, 2.05) is 0 Å². The van der Waals surface area contributed by atoms with Crippen LogP contribution in [0.25, 0.3) is 0 Å². The zero-order chi connectivity index (χ0) is 22.4. The number of Topliss-reactive ketones (excluding diaryl/α,β-unsaturated/α-hetero) is 1. The first kappa shape index (κ1) is 20.7. The first-order chi connectivity index (χ1) is 14.6. The van der Waals surface area contributed by atoms with Crippen LogP contribution in [0.5, 0.6) is 11.5 Å². The Balaban J connectivity index is 1.51. The largest absolute Gasteiger partial charge is 0.573 e. The van der Waals surface area contributed by atoms with E-state index in [0.29, 0.717) is 24.3 Å². The molecule has 31 heavy (non-hydrogen) atoms. The summed E-state index contributed by atoms with van der Waals surface area (Å²) in [6, 6.07) is 8.78. The van der Waals surface area contributed by atoms with E-state index in [9.17, 15) is 27.6 Å². The van der Waals surface area contributed by atoms with E-state index < -0.39 is 41.9 Å². The van der Waals surface area contributed by atoms with Gasteiger partial charge in [0.1, 0.15) is 17.0 Å². The third-order valence-corrected chi connectivity index (χ3v) is 5.25. The first-order valence-electron chi connectivity index (χ1n) is 9.36. The Kier molecular flexibility index (Phi) is 4.87. The molecule has 1 N–H and O–H groups in total. The summed E-state index contributed by atoms with van der Waals surface area (Å²) < 4.78 is 46.2. The minimum atomic E-state index is -4.84. The second kappa shape index (κ2) is 7.29. The van der Waals surface area contributed by atoms with Crippen molar-refractivity contribution in [3.05, 3.63) is 59.2 Å². The summed E-state index contributed by atoms with van der Waals surface area (Å²) in [5.74, 6) is -0.850. The van der Waals surface area contributed by atoms with E-state index in [0.717, 1.165) is 22.6 Å². The Morgan fingerprint density at radius 3 is 2.58 bits per heavy atom. The molecule has 162 valence electrons. The number of halogens is 3. The van der Waals surface area contributed by atoms with Gasteiger partial charge in [-0.3, -0.25) is 14.5 Å². The molecule has 2 aliphatic rings. The van der Waals surface area contributed by atoms with Gasteiger partial charge in [0.05, 0.1) is 13.2 Å². The third-order valence-electron chi connectivity index (χ3n) is 5.25. The molecular weight excluding hydrogens is 417 g/mol. The molecule has 2 aliphatic heterocycles. The van der Waals surface area contributed by atoms with Crippen LogP contribution in [0.4, 0.5) is 18.0 Å². The molecule has 7 nitrogen and oxygen atoms in total. The highest BCUT2D eigenvalue weighted by Gasteiger charge is 2.49. The summed E-state index contributed by atoms with van der Waals surface area (Å²) in [5.41, 5.74) is -0.0361. The number of carbonyl (C=O) groups is 3. The van der Waals surface area contributed by atoms with Crippen molar-refractivity contribution >= 4 is 17.7 Å². The topological polar surface area (TPSA) is 84.9 Å². The van der Waals surface area contributed by atoms with Gasteiger partial charge in [-0.1, -0.05) is 12.1 Å². The Hall–Kier alpha value is -3.56. The van der Waals surface area contributed by atoms with Crippen LogP contribution in [0.3, 0.4) is 0 Å². The zero-order valence-electron chi connectivity index (χ0n) is 16.3. The van der Waals surface area contributed by atoms with Gasteiger partial charge in [0.2, 0.25) is 0 Å². The van der Waals surface area contributed by atoms with Crippen LogP contribution >= 0.6 is 0 Å². The molecule has 0 bridgehead atoms. The standard InChI is InChI=1S/C21H17F3N2O5/c1-20(14-3-5-15(6-4-14)31-21(22,23)24)18(28)26(19(29)25-20)11-16(27)12-2-7-17-13(10-12)8-9-30-17/h2-7,10H,8-9,11H2,1H3,(H,25,29). The average Bonchev–Trinajstić information content (AvgIpc) is 3.25. The van der Waals surface area contributed by atoms with Crippen molar-refractivity contribution in [3.8, 4) is 11.5 Å². The second-order valence-corrected chi connectivity index (χ2v) is 7.36. The number of alkyl halides is 3. The van der Waals surface area contributed by atoms with Gasteiger partial charge in [-0.25, -0.2) is 4.79 Å². The fraction of sp³-hybridized carbons (Fsp3) is 0.286. The molecule has 3 amide bonds. The van der Waals surface area contributed by atoms with Gasteiger partial charge in [-0.15, -0.1) is 13.2 Å². The molecule has 0 aromatic heterocycles. The first-order valence-corrected chi connectivity index (χ1v) is 9.36. The number of ether oxygens (including phenoxy) is 2. The lowest BCUT2D eigenvalue weighted by Gasteiger charge is -2.22. The molecule has 0 aliphatic carbocycles. The van der Waals surface area contributed by atoms with Gasteiger partial charge >= 0.3 is 12.4 Å². The molecule has 1 fully saturated rings. The molecule has 2 aromatic carbocycles. The number of benzene rings is 2. The number of fused-ring (bicyclic) bond motifs is 1. The predicted octanol–water partition coefficient (Wildman–Crippen LogP) is 3.17. The lowest BCUT2D eigenvalue weighted by Crippen LogP contribution is -2.41. The minimum Gasteiger partial charge on any atom is -0.493 e. The van der Waals surface area contributed by atoms with Crippen LogP contribution in [-0.4, -0.2) is 42.1 Å². The molecule has 2 aromatic rings. The quantitative estimate of drug-likeness (QED) is 0.577. The number of urea groups is 1. The van der Waals surface area contributed by atoms with Crippen LogP contribution in [0, 0.1) is 0 Å². The normalized spacial score (nSPS) is 20.3. The maximum absolute atomic E-state index is 13.0. The maximum atomic E-state index is 13.0. The van der Waals surface area contributed by atoms with Crippen molar-refractivity contribution in [1.82, 2.24) is 10.2 Å². The Bertz CT molecular complexity index is 1070. The maximum Gasteiger partial charge on any atom is 0.573 e. The molecule has 1 atom stereocenters. The van der Waals surface area contributed by atoms with Gasteiger partial charge in [-0.05, 0) is 48.4 Å². The van der Waals surface area contributed by atoms with Crippen LogP contribution in [0.2, 0.25) is 0 Å². The Morgan fingerprint density at radius 1 is 1.19 bits per heavy atom. The summed E-state index contributed by atoms with van der Waals surface area (Å²) in [6.45, 7) is 1.49. The van der Waals surface area contributed by atoms with E-state index in [1.165, 1.54) is 19.1 Å². The van der Waals surface area contributed by atoms with Crippen molar-refractivity contribution in [2.45, 2.75) is 25.2 Å². The monoisotopic (exact) mass is 434 g/mol. The van der Waals surface area contributed by atoms with E-state index in [2.05, 4.69) is 10.1 Å². The highest BCUT2D eigenvalue weighted by molar-refractivity contribution is 6.11. The van der Waals surface area contributed by atoms with Crippen molar-refractivity contribution < 1.29 is 37.0 Å². The van der Waals surface area contributed by atoms with E-state index in [4.69, 9.17) is 4.74 Å². The highest BCUT2D eigenvalue weighted by Crippen LogP contribution is 2.32. The lowest BCUT2D eigenvalue weighted by molar-refractivity contribution is -0.274. The van der Waals surface area contributed by atoms with Crippen LogP contribution < -0.4 is 14.8 Å². The number of hydrogen-bond acceptors (Lipinski definition) is 5. The predicted molar refractivity (Wildman–Crippen MR) is 101 cm³/mol. The highest BCUT2D eigenvalue weighted by atomic mass is 19.4. The number of rotatable bonds is 5. The fourth-order valence-corrected chi connectivity index (χ4v) is 3.62. The Labute approximate surface area is 174 Å². The minimum absolute atomic E-state index is 0.255. The number of hydrogen-bond donors (Lipinski definition) is 1. The number of nitrogens with zero attached hydrogens (tertiary/aromatic N) is 1. The smallest absolute Gasteiger partial charge is 0.493 e. The van der Waals surface area contributed by atoms with Crippen molar-refractivity contribution in [2.75, 3.05) is 13.2 Å². The molecule has 10 heteroatoms. The van der Waals surface area contributed by atoms with Crippen molar-refractivity contribution in [2.24, 2.45) is 0 Å². The average molecular weight is 434 g/mol. The number of amides is 3. The SMILES string of the molecule is CC1(c2ccc(OC(F)(F)F)cc2)NC(=O)N(CC(=O)c2ccc3c(c2)CCO3)C1=O. The molecular formula is C21H17F3N2O5. The van der Waals surface area contributed by atoms with Crippen molar-refractivity contribution in [3.63, 3.8) is 0 Å². The summed E-state index contributed by atoms with van der Waals surface area (Å²) in [4.78, 5) is 38.9. The van der Waals surface area contributed by atoms with Gasteiger partial charge in [-0.2, -0.15) is 0 Å². The summed E-state index contributed by atoms with van der Waals surface area (Å²) in [5, 5.41) is 2.51. The summed E-state index contributed by atoms with van der Waals surface area (Å²) in [7, 11) is 0. The number of nitrogens with one attached hydrogen (secondary N) is 1. The molecule has 0 spiro atoms. The molecule has 4 rings (SSSR count). The molecule has 1 unspecified atom stereocenters. The zero-order valence-corrected chi connectivity index (χ0v) is 16.3. The van der Waals surface area contributed by atoms with Crippen LogP contribution in [-0.2, 0) is 16.8 Å². The van der Waals surface area contributed by atoms with Crippen LogP contribution in [0.15, 0.2) is 42.5 Å². The summed E-state index contributed by atoms with van der Waals surface area (Å²) >= 11 is 0. The van der Waals surface area contributed by atoms with Gasteiger partial charge < -0.3 is 14.8 Å². The molecule has 0 radical (unpaired) electrons. The van der Waals surface area contributed by atoms with E-state index in [-0.39, 0.29) is 5.56 Å². The lowest BCUT2D eigenvalue weighted by atomic mass is 9.92. The Morgan fingerprint density at radius 2 is 1.90 bits per heavy atom. The van der Waals surface area contributed by atoms with Crippen molar-refractivity contribution in [1.29, 1.82) is 0 Å². The van der Waals surface area contributed by atoms with Crippen LogP contribution in [0.1, 0.15) is 28.4 Å². The molecule has 1 saturated heterocycles. The fourth-order valence-electron chi connectivity index (χ4n) is 3.62. The van der Waals surface area contributed by atoms with Gasteiger partial charge in [0, 0.05) is 12.0 Å². The van der Waals surface area contributed by atoms with E-state index in [1.54, 1.807) is 18.2 Å². The third kappa shape index (κ3) is 3.92. The van der Waals surface area contributed by atoms with E-state index >= 15 is 0 Å². The molecule has 0 saturated carbocycles. The summed E-state index contributed by atoms with van der Waals surface area (Å²) in [6.07, 6.45) is -4.17. The second-order valence-electron chi connectivity index (χ2n) is 7.36. The number of carbonyl (C=O) groups excluding carboxylic acids is 3. The van der Waals surface area contributed by atoms with Gasteiger partial charge in [0.15, 0.2) is 5.78 Å². The number of ketones is 1.